The molecule has 0 aliphatic heterocycles. The second-order valence-corrected chi connectivity index (χ2v) is 8.67. The van der Waals surface area contributed by atoms with Crippen molar-refractivity contribution >= 4 is 0 Å². The molecule has 0 unspecified atom stereocenters. The standard InChI is InChI=1S/C23H32O/c1-3-4-5-6-17-8-12-22-21-10-7-16-15-18(24)9-11-19(16)20(21)13-14-23(17,22)2/h6,9,11,15,20-22,24H,3-5,7-8,10,12-14H2,1-2H3/t20-,21-,22+,23-/m1/s1. The summed E-state index contributed by atoms with van der Waals surface area (Å²) in [5.41, 5.74) is 5.23. The summed E-state index contributed by atoms with van der Waals surface area (Å²) in [6.45, 7) is 4.87. The number of hydrogen-bond donors (Lipinski definition) is 1. The molecule has 1 N–H and O–H groups in total. The Morgan fingerprint density at radius 3 is 2.92 bits per heavy atom. The van der Waals surface area contributed by atoms with Gasteiger partial charge in [0.1, 0.15) is 5.75 Å². The average Bonchev–Trinajstić information content (AvgIpc) is 2.91. The maximum absolute atomic E-state index is 9.81. The number of fused-ring (bicyclic) bond motifs is 5. The first kappa shape index (κ1) is 16.2. The van der Waals surface area contributed by atoms with Gasteiger partial charge in [0.2, 0.25) is 0 Å². The van der Waals surface area contributed by atoms with Gasteiger partial charge in [-0.3, -0.25) is 0 Å². The Bertz CT molecular complexity index is 643. The van der Waals surface area contributed by atoms with Gasteiger partial charge in [0.25, 0.3) is 0 Å². The topological polar surface area (TPSA) is 20.2 Å². The van der Waals surface area contributed by atoms with E-state index in [-0.39, 0.29) is 0 Å². The highest BCUT2D eigenvalue weighted by Gasteiger charge is 2.52. The smallest absolute Gasteiger partial charge is 0.115 e. The van der Waals surface area contributed by atoms with Crippen LogP contribution in [0.5, 0.6) is 5.75 Å². The zero-order valence-corrected chi connectivity index (χ0v) is 15.4. The lowest BCUT2D eigenvalue weighted by atomic mass is 9.55. The monoisotopic (exact) mass is 324 g/mol. The fourth-order valence-electron chi connectivity index (χ4n) is 6.23. The van der Waals surface area contributed by atoms with Crippen molar-refractivity contribution in [3.05, 3.63) is 41.0 Å². The SMILES string of the molecule is CCCCC=C1CC[C@H]2[C@@H]3CCc4cc(O)ccc4[C@H]3CC[C@]12C. The lowest BCUT2D eigenvalue weighted by Gasteiger charge is -2.49. The van der Waals surface area contributed by atoms with Crippen molar-refractivity contribution in [1.29, 1.82) is 0 Å². The second-order valence-electron chi connectivity index (χ2n) is 8.67. The highest BCUT2D eigenvalue weighted by Crippen LogP contribution is 2.62. The summed E-state index contributed by atoms with van der Waals surface area (Å²) in [4.78, 5) is 0. The number of hydrogen-bond acceptors (Lipinski definition) is 1. The molecule has 2 saturated carbocycles. The van der Waals surface area contributed by atoms with Gasteiger partial charge in [-0.05, 0) is 91.4 Å². The van der Waals surface area contributed by atoms with Crippen molar-refractivity contribution in [2.75, 3.05) is 0 Å². The van der Waals surface area contributed by atoms with Crippen LogP contribution in [0.1, 0.15) is 82.3 Å². The van der Waals surface area contributed by atoms with Crippen molar-refractivity contribution in [3.8, 4) is 5.75 Å². The molecule has 130 valence electrons. The Kier molecular flexibility index (Phi) is 4.22. The zero-order valence-electron chi connectivity index (χ0n) is 15.4. The molecule has 2 fully saturated rings. The molecule has 0 saturated heterocycles. The predicted octanol–water partition coefficient (Wildman–Crippen LogP) is 6.36. The molecule has 3 aliphatic rings. The number of phenols is 1. The fraction of sp³-hybridized carbons (Fsp3) is 0.652. The third-order valence-corrected chi connectivity index (χ3v) is 7.51. The lowest BCUT2D eigenvalue weighted by molar-refractivity contribution is 0.0812. The van der Waals surface area contributed by atoms with Crippen molar-refractivity contribution in [2.45, 2.75) is 77.6 Å². The summed E-state index contributed by atoms with van der Waals surface area (Å²) in [6.07, 6.45) is 14.5. The molecule has 0 spiro atoms. The fourth-order valence-corrected chi connectivity index (χ4v) is 6.23. The maximum atomic E-state index is 9.81. The Hall–Kier alpha value is -1.24. The third kappa shape index (κ3) is 2.52. The number of aromatic hydroxyl groups is 1. The van der Waals surface area contributed by atoms with E-state index in [0.29, 0.717) is 11.2 Å². The minimum Gasteiger partial charge on any atom is -0.508 e. The maximum Gasteiger partial charge on any atom is 0.115 e. The highest BCUT2D eigenvalue weighted by atomic mass is 16.3. The molecule has 1 nitrogen and oxygen atoms in total. The van der Waals surface area contributed by atoms with Gasteiger partial charge >= 0.3 is 0 Å². The molecule has 1 heteroatoms. The predicted molar refractivity (Wildman–Crippen MR) is 100 cm³/mol. The van der Waals surface area contributed by atoms with Crippen LogP contribution in [0.25, 0.3) is 0 Å². The van der Waals surface area contributed by atoms with Crippen molar-refractivity contribution in [1.82, 2.24) is 0 Å². The number of benzene rings is 1. The van der Waals surface area contributed by atoms with Crippen LogP contribution in [0.4, 0.5) is 0 Å². The van der Waals surface area contributed by atoms with E-state index in [1.165, 1.54) is 56.9 Å². The average molecular weight is 325 g/mol. The van der Waals surface area contributed by atoms with E-state index in [1.54, 1.807) is 11.1 Å². The molecule has 0 radical (unpaired) electrons. The molecule has 4 rings (SSSR count). The Labute approximate surface area is 147 Å². The molecular formula is C23H32O. The summed E-state index contributed by atoms with van der Waals surface area (Å²) >= 11 is 0. The van der Waals surface area contributed by atoms with Crippen LogP contribution in [0.15, 0.2) is 29.8 Å². The Morgan fingerprint density at radius 2 is 2.08 bits per heavy atom. The van der Waals surface area contributed by atoms with Gasteiger partial charge in [-0.1, -0.05) is 44.4 Å². The summed E-state index contributed by atoms with van der Waals surface area (Å²) in [5.74, 6) is 2.92. The highest BCUT2D eigenvalue weighted by molar-refractivity contribution is 5.40. The third-order valence-electron chi connectivity index (χ3n) is 7.51. The number of phenolic OH excluding ortho intramolecular Hbond substituents is 1. The van der Waals surface area contributed by atoms with Crippen LogP contribution in [-0.4, -0.2) is 5.11 Å². The Balaban J connectivity index is 1.60. The van der Waals surface area contributed by atoms with Crippen LogP contribution >= 0.6 is 0 Å². The molecule has 0 aromatic heterocycles. The lowest BCUT2D eigenvalue weighted by Crippen LogP contribution is -2.40. The van der Waals surface area contributed by atoms with Crippen molar-refractivity contribution in [2.24, 2.45) is 17.3 Å². The molecular weight excluding hydrogens is 292 g/mol. The van der Waals surface area contributed by atoms with E-state index < -0.39 is 0 Å². The zero-order chi connectivity index (χ0) is 16.7. The van der Waals surface area contributed by atoms with Gasteiger partial charge in [-0.25, -0.2) is 0 Å². The van der Waals surface area contributed by atoms with Crippen LogP contribution in [0, 0.1) is 17.3 Å². The first-order valence-electron chi connectivity index (χ1n) is 10.1. The molecule has 0 amide bonds. The largest absolute Gasteiger partial charge is 0.508 e. The summed E-state index contributed by atoms with van der Waals surface area (Å²) in [5, 5.41) is 9.81. The number of aryl methyl sites for hydroxylation is 1. The van der Waals surface area contributed by atoms with E-state index in [1.807, 2.05) is 12.1 Å². The van der Waals surface area contributed by atoms with E-state index in [9.17, 15) is 5.11 Å². The minimum atomic E-state index is 0.440. The first-order valence-corrected chi connectivity index (χ1v) is 10.1. The van der Waals surface area contributed by atoms with Crippen LogP contribution in [0.3, 0.4) is 0 Å². The Morgan fingerprint density at radius 1 is 1.21 bits per heavy atom. The molecule has 24 heavy (non-hydrogen) atoms. The molecule has 0 bridgehead atoms. The molecule has 1 aromatic rings. The quantitative estimate of drug-likeness (QED) is 0.506. The minimum absolute atomic E-state index is 0.440. The van der Waals surface area contributed by atoms with Crippen LogP contribution in [0.2, 0.25) is 0 Å². The van der Waals surface area contributed by atoms with E-state index in [0.717, 1.165) is 24.2 Å². The summed E-state index contributed by atoms with van der Waals surface area (Å²) in [7, 11) is 0. The van der Waals surface area contributed by atoms with E-state index >= 15 is 0 Å². The molecule has 0 heterocycles. The normalized spacial score (nSPS) is 36.2. The summed E-state index contributed by atoms with van der Waals surface area (Å²) in [6, 6.07) is 6.14. The molecule has 4 atom stereocenters. The number of unbranched alkanes of at least 4 members (excludes halogenated alkanes) is 2. The number of rotatable bonds is 3. The number of allylic oxidation sites excluding steroid dienone is 2. The van der Waals surface area contributed by atoms with Gasteiger partial charge in [-0.15, -0.1) is 0 Å². The van der Waals surface area contributed by atoms with Gasteiger partial charge in [-0.2, -0.15) is 0 Å². The van der Waals surface area contributed by atoms with Gasteiger partial charge < -0.3 is 5.11 Å². The van der Waals surface area contributed by atoms with Crippen LogP contribution < -0.4 is 0 Å². The van der Waals surface area contributed by atoms with Crippen LogP contribution in [-0.2, 0) is 6.42 Å². The summed E-state index contributed by atoms with van der Waals surface area (Å²) < 4.78 is 0. The van der Waals surface area contributed by atoms with E-state index in [2.05, 4.69) is 26.0 Å². The van der Waals surface area contributed by atoms with Gasteiger partial charge in [0.15, 0.2) is 0 Å². The van der Waals surface area contributed by atoms with Crippen molar-refractivity contribution in [3.63, 3.8) is 0 Å². The second kappa shape index (κ2) is 6.24. The molecule has 1 aromatic carbocycles. The molecule has 3 aliphatic carbocycles. The first-order chi connectivity index (χ1) is 11.6. The van der Waals surface area contributed by atoms with Gasteiger partial charge in [0.05, 0.1) is 0 Å². The van der Waals surface area contributed by atoms with Crippen molar-refractivity contribution < 1.29 is 5.11 Å². The van der Waals surface area contributed by atoms with E-state index in [4.69, 9.17) is 0 Å². The van der Waals surface area contributed by atoms with Gasteiger partial charge in [0, 0.05) is 0 Å².